The lowest BCUT2D eigenvalue weighted by atomic mass is 9.61. The summed E-state index contributed by atoms with van der Waals surface area (Å²) in [5.74, 6) is 3.78. The van der Waals surface area contributed by atoms with E-state index in [0.717, 1.165) is 36.5 Å². The minimum atomic E-state index is -0.0953. The molecular weight excluding hydrogens is 374 g/mol. The molecule has 0 saturated heterocycles. The van der Waals surface area contributed by atoms with Gasteiger partial charge in [0.1, 0.15) is 0 Å². The first-order valence-corrected chi connectivity index (χ1v) is 14.3. The number of nitriles is 1. The predicted molar refractivity (Wildman–Crippen MR) is 134 cm³/mol. The van der Waals surface area contributed by atoms with E-state index in [4.69, 9.17) is 0 Å². The standard InChI is InChI=1S/C30H51N/c1-3-5-7-8-9-11-26-12-16-27(17-13-26)28-20-22-30(24-31,23-21-28)29-18-14-25(15-19-29)10-6-4-2/h18,25-28H,3-17,19-23H2,1-2H3/t25-,26?,27?,28-,30-/m0/s1. The topological polar surface area (TPSA) is 23.8 Å². The molecule has 0 bridgehead atoms. The van der Waals surface area contributed by atoms with Gasteiger partial charge in [-0.1, -0.05) is 96.1 Å². The first-order chi connectivity index (χ1) is 15.2. The van der Waals surface area contributed by atoms with Crippen LogP contribution in [0.25, 0.3) is 0 Å². The highest BCUT2D eigenvalue weighted by atomic mass is 14.5. The molecule has 3 aliphatic carbocycles. The van der Waals surface area contributed by atoms with Crippen LogP contribution in [0, 0.1) is 40.4 Å². The van der Waals surface area contributed by atoms with E-state index in [1.165, 1.54) is 121 Å². The third-order valence-corrected chi connectivity index (χ3v) is 9.47. The number of unbranched alkanes of at least 4 members (excludes halogenated alkanes) is 5. The molecule has 0 aliphatic heterocycles. The molecule has 0 N–H and O–H groups in total. The van der Waals surface area contributed by atoms with Crippen molar-refractivity contribution in [3.63, 3.8) is 0 Å². The van der Waals surface area contributed by atoms with E-state index < -0.39 is 0 Å². The summed E-state index contributed by atoms with van der Waals surface area (Å²) < 4.78 is 0. The Morgan fingerprint density at radius 2 is 1.42 bits per heavy atom. The van der Waals surface area contributed by atoms with E-state index in [2.05, 4.69) is 26.0 Å². The molecule has 1 heteroatoms. The third kappa shape index (κ3) is 7.11. The molecule has 0 unspecified atom stereocenters. The molecule has 0 spiro atoms. The average molecular weight is 426 g/mol. The average Bonchev–Trinajstić information content (AvgIpc) is 2.83. The second-order valence-electron chi connectivity index (χ2n) is 11.5. The van der Waals surface area contributed by atoms with Gasteiger partial charge in [-0.15, -0.1) is 0 Å². The van der Waals surface area contributed by atoms with Crippen LogP contribution in [0.1, 0.15) is 142 Å². The SMILES string of the molecule is CCCCCCCC1CCC([C@H]2CC[C@](C#N)(C3=CC[C@H](CCCC)CC3)CC2)CC1. The zero-order valence-corrected chi connectivity index (χ0v) is 21.0. The van der Waals surface area contributed by atoms with Crippen LogP contribution in [0.2, 0.25) is 0 Å². The molecule has 0 aromatic rings. The van der Waals surface area contributed by atoms with E-state index in [-0.39, 0.29) is 5.41 Å². The second kappa shape index (κ2) is 13.1. The molecule has 3 rings (SSSR count). The Bertz CT molecular complexity index is 566. The van der Waals surface area contributed by atoms with Gasteiger partial charge < -0.3 is 0 Å². The minimum absolute atomic E-state index is 0.0953. The predicted octanol–water partition coefficient (Wildman–Crippen LogP) is 9.77. The van der Waals surface area contributed by atoms with E-state index in [1.807, 2.05) is 0 Å². The molecule has 1 atom stereocenters. The lowest BCUT2D eigenvalue weighted by molar-refractivity contribution is 0.130. The molecule has 0 heterocycles. The van der Waals surface area contributed by atoms with Crippen LogP contribution in [0.4, 0.5) is 0 Å². The molecule has 0 radical (unpaired) electrons. The van der Waals surface area contributed by atoms with Crippen LogP contribution in [0.5, 0.6) is 0 Å². The highest BCUT2D eigenvalue weighted by Gasteiger charge is 2.41. The lowest BCUT2D eigenvalue weighted by Gasteiger charge is -2.42. The highest BCUT2D eigenvalue weighted by Crippen LogP contribution is 2.51. The van der Waals surface area contributed by atoms with Crippen molar-refractivity contribution in [2.45, 2.75) is 142 Å². The number of hydrogen-bond acceptors (Lipinski definition) is 1. The zero-order valence-electron chi connectivity index (χ0n) is 21.0. The number of nitrogens with zero attached hydrogens (tertiary/aromatic N) is 1. The van der Waals surface area contributed by atoms with Crippen molar-refractivity contribution in [3.05, 3.63) is 11.6 Å². The van der Waals surface area contributed by atoms with Crippen LogP contribution in [0.3, 0.4) is 0 Å². The lowest BCUT2D eigenvalue weighted by Crippen LogP contribution is -2.33. The molecule has 1 nitrogen and oxygen atoms in total. The molecule has 3 aliphatic rings. The van der Waals surface area contributed by atoms with Crippen LogP contribution >= 0.6 is 0 Å². The molecule has 31 heavy (non-hydrogen) atoms. The van der Waals surface area contributed by atoms with E-state index in [9.17, 15) is 5.26 Å². The van der Waals surface area contributed by atoms with E-state index in [0.29, 0.717) is 0 Å². The second-order valence-corrected chi connectivity index (χ2v) is 11.5. The maximum Gasteiger partial charge on any atom is 0.0782 e. The van der Waals surface area contributed by atoms with Crippen molar-refractivity contribution in [1.82, 2.24) is 0 Å². The van der Waals surface area contributed by atoms with Gasteiger partial charge in [-0.2, -0.15) is 5.26 Å². The maximum atomic E-state index is 10.2. The fourth-order valence-electron chi connectivity index (χ4n) is 7.17. The summed E-state index contributed by atoms with van der Waals surface area (Å²) in [5, 5.41) is 10.2. The largest absolute Gasteiger partial charge is 0.197 e. The molecule has 0 amide bonds. The van der Waals surface area contributed by atoms with Crippen molar-refractivity contribution >= 4 is 0 Å². The van der Waals surface area contributed by atoms with Gasteiger partial charge in [0.05, 0.1) is 11.5 Å². The smallest absolute Gasteiger partial charge is 0.0782 e. The van der Waals surface area contributed by atoms with Gasteiger partial charge in [0.15, 0.2) is 0 Å². The first-order valence-electron chi connectivity index (χ1n) is 14.3. The first kappa shape index (κ1) is 24.9. The maximum absolute atomic E-state index is 10.2. The van der Waals surface area contributed by atoms with Crippen molar-refractivity contribution in [2.75, 3.05) is 0 Å². The Hall–Kier alpha value is -0.770. The summed E-state index contributed by atoms with van der Waals surface area (Å²) in [5.41, 5.74) is 1.44. The van der Waals surface area contributed by atoms with Crippen molar-refractivity contribution in [3.8, 4) is 6.07 Å². The van der Waals surface area contributed by atoms with Gasteiger partial charge in [0.2, 0.25) is 0 Å². The number of hydrogen-bond donors (Lipinski definition) is 0. The summed E-state index contributed by atoms with van der Waals surface area (Å²) in [6, 6.07) is 2.85. The van der Waals surface area contributed by atoms with Gasteiger partial charge in [0.25, 0.3) is 0 Å². The zero-order chi connectivity index (χ0) is 21.9. The van der Waals surface area contributed by atoms with Crippen LogP contribution in [0.15, 0.2) is 11.6 Å². The number of allylic oxidation sites excluding steroid dienone is 2. The van der Waals surface area contributed by atoms with E-state index in [1.54, 1.807) is 0 Å². The molecular formula is C30H51N. The van der Waals surface area contributed by atoms with E-state index >= 15 is 0 Å². The monoisotopic (exact) mass is 425 g/mol. The quantitative estimate of drug-likeness (QED) is 0.239. The van der Waals surface area contributed by atoms with Gasteiger partial charge in [-0.3, -0.25) is 0 Å². The Morgan fingerprint density at radius 3 is 2.03 bits per heavy atom. The Labute approximate surface area is 194 Å². The van der Waals surface area contributed by atoms with Crippen molar-refractivity contribution < 1.29 is 0 Å². The molecule has 2 fully saturated rings. The van der Waals surface area contributed by atoms with Crippen LogP contribution < -0.4 is 0 Å². The Morgan fingerprint density at radius 1 is 0.774 bits per heavy atom. The normalized spacial score (nSPS) is 34.2. The molecule has 176 valence electrons. The van der Waals surface area contributed by atoms with Gasteiger partial charge in [-0.05, 0) is 81.5 Å². The van der Waals surface area contributed by atoms with Gasteiger partial charge in [-0.25, -0.2) is 0 Å². The van der Waals surface area contributed by atoms with Crippen LogP contribution in [-0.4, -0.2) is 0 Å². The number of rotatable bonds is 11. The summed E-state index contributed by atoms with van der Waals surface area (Å²) in [7, 11) is 0. The third-order valence-electron chi connectivity index (χ3n) is 9.47. The molecule has 2 saturated carbocycles. The minimum Gasteiger partial charge on any atom is -0.197 e. The van der Waals surface area contributed by atoms with Crippen molar-refractivity contribution in [2.24, 2.45) is 29.1 Å². The van der Waals surface area contributed by atoms with Crippen molar-refractivity contribution in [1.29, 1.82) is 5.26 Å². The highest BCUT2D eigenvalue weighted by molar-refractivity contribution is 5.26. The fourth-order valence-corrected chi connectivity index (χ4v) is 7.17. The van der Waals surface area contributed by atoms with Gasteiger partial charge >= 0.3 is 0 Å². The van der Waals surface area contributed by atoms with Gasteiger partial charge in [0, 0.05) is 0 Å². The fraction of sp³-hybridized carbons (Fsp3) is 0.900. The Balaban J connectivity index is 1.40. The summed E-state index contributed by atoms with van der Waals surface area (Å²) >= 11 is 0. The Kier molecular flexibility index (Phi) is 10.5. The molecule has 0 aromatic heterocycles. The van der Waals surface area contributed by atoms with Crippen LogP contribution in [-0.2, 0) is 0 Å². The molecule has 0 aromatic carbocycles. The summed E-state index contributed by atoms with van der Waals surface area (Å²) in [6.07, 6.45) is 29.9. The summed E-state index contributed by atoms with van der Waals surface area (Å²) in [6.45, 7) is 4.61. The summed E-state index contributed by atoms with van der Waals surface area (Å²) in [4.78, 5) is 0.